The molecule has 2 rings (SSSR count). The molecule has 5 heteroatoms. The van der Waals surface area contributed by atoms with Crippen LogP contribution >= 0.6 is 0 Å². The molecule has 0 fully saturated rings. The van der Waals surface area contributed by atoms with Gasteiger partial charge in [-0.15, -0.1) is 0 Å². The molecule has 2 aromatic rings. The van der Waals surface area contributed by atoms with Crippen molar-refractivity contribution < 1.29 is 14.7 Å². The van der Waals surface area contributed by atoms with E-state index >= 15 is 0 Å². The highest BCUT2D eigenvalue weighted by molar-refractivity contribution is 6.03. The van der Waals surface area contributed by atoms with Crippen LogP contribution in [0.25, 0.3) is 0 Å². The first-order valence-electron chi connectivity index (χ1n) is 8.30. The van der Waals surface area contributed by atoms with Gasteiger partial charge in [0.2, 0.25) is 11.8 Å². The lowest BCUT2D eigenvalue weighted by Gasteiger charge is -2.12. The Hall–Kier alpha value is -2.66. The molecule has 0 heterocycles. The van der Waals surface area contributed by atoms with E-state index in [-0.39, 0.29) is 18.9 Å². The van der Waals surface area contributed by atoms with Gasteiger partial charge >= 0.3 is 0 Å². The number of hydrogen-bond acceptors (Lipinski definition) is 3. The fraction of sp³-hybridized carbons (Fsp3) is 0.300. The Morgan fingerprint density at radius 3 is 2.48 bits per heavy atom. The Morgan fingerprint density at radius 2 is 1.76 bits per heavy atom. The topological polar surface area (TPSA) is 78.4 Å². The number of carbonyl (C=O) groups excluding carboxylic acids is 2. The molecule has 0 aliphatic heterocycles. The molecule has 0 spiro atoms. The van der Waals surface area contributed by atoms with Gasteiger partial charge in [-0.25, -0.2) is 0 Å². The normalized spacial score (nSPS) is 11.6. The average molecular weight is 340 g/mol. The molecule has 132 valence electrons. The van der Waals surface area contributed by atoms with Gasteiger partial charge in [-0.2, -0.15) is 0 Å². The van der Waals surface area contributed by atoms with Gasteiger partial charge in [0.1, 0.15) is 6.42 Å². The number of carbonyl (C=O) groups is 2. The second-order valence-electron chi connectivity index (χ2n) is 6.19. The number of aliphatic hydroxyl groups excluding tert-OH is 1. The monoisotopic (exact) mass is 340 g/mol. The summed E-state index contributed by atoms with van der Waals surface area (Å²) in [5.74, 6) is -0.779. The standard InChI is InChI=1S/C20H24N2O3/c1-14-8-9-15(2)18(10-14)22-20(25)12-19(24)21-13-17(23)11-16-6-4-3-5-7-16/h3-10,17,23H,11-13H2,1-2H3,(H,21,24)(H,22,25). The highest BCUT2D eigenvalue weighted by Gasteiger charge is 2.13. The zero-order chi connectivity index (χ0) is 18.2. The second kappa shape index (κ2) is 8.99. The Kier molecular flexibility index (Phi) is 6.71. The van der Waals surface area contributed by atoms with Crippen molar-refractivity contribution >= 4 is 17.5 Å². The van der Waals surface area contributed by atoms with E-state index in [1.54, 1.807) is 0 Å². The quantitative estimate of drug-likeness (QED) is 0.677. The molecular weight excluding hydrogens is 316 g/mol. The fourth-order valence-electron chi connectivity index (χ4n) is 2.46. The van der Waals surface area contributed by atoms with Gasteiger partial charge < -0.3 is 15.7 Å². The molecule has 1 unspecified atom stereocenters. The number of anilines is 1. The Balaban J connectivity index is 1.75. The van der Waals surface area contributed by atoms with Crippen LogP contribution in [-0.2, 0) is 16.0 Å². The zero-order valence-corrected chi connectivity index (χ0v) is 14.6. The molecule has 0 saturated heterocycles. The summed E-state index contributed by atoms with van der Waals surface area (Å²) in [6, 6.07) is 15.3. The van der Waals surface area contributed by atoms with E-state index in [0.717, 1.165) is 16.7 Å². The molecule has 0 aliphatic rings. The molecule has 1 atom stereocenters. The number of amides is 2. The number of aryl methyl sites for hydroxylation is 2. The van der Waals surface area contributed by atoms with Crippen LogP contribution in [0.5, 0.6) is 0 Å². The molecule has 0 bridgehead atoms. The maximum absolute atomic E-state index is 12.0. The largest absolute Gasteiger partial charge is 0.391 e. The first kappa shape index (κ1) is 18.7. The highest BCUT2D eigenvalue weighted by atomic mass is 16.3. The lowest BCUT2D eigenvalue weighted by atomic mass is 10.1. The molecule has 3 N–H and O–H groups in total. The lowest BCUT2D eigenvalue weighted by molar-refractivity contribution is -0.127. The van der Waals surface area contributed by atoms with Crippen LogP contribution in [0, 0.1) is 13.8 Å². The molecular formula is C20H24N2O3. The van der Waals surface area contributed by atoms with Gasteiger partial charge in [0.15, 0.2) is 0 Å². The van der Waals surface area contributed by atoms with E-state index in [9.17, 15) is 14.7 Å². The van der Waals surface area contributed by atoms with E-state index in [1.807, 2.05) is 62.4 Å². The van der Waals surface area contributed by atoms with Crippen LogP contribution in [0.4, 0.5) is 5.69 Å². The predicted octanol–water partition coefficient (Wildman–Crippen LogP) is 2.35. The van der Waals surface area contributed by atoms with Crippen LogP contribution in [0.1, 0.15) is 23.1 Å². The summed E-state index contributed by atoms with van der Waals surface area (Å²) < 4.78 is 0. The third kappa shape index (κ3) is 6.39. The zero-order valence-electron chi connectivity index (χ0n) is 14.6. The van der Waals surface area contributed by atoms with Crippen molar-refractivity contribution in [2.45, 2.75) is 32.8 Å². The van der Waals surface area contributed by atoms with E-state index in [4.69, 9.17) is 0 Å². The average Bonchev–Trinajstić information content (AvgIpc) is 2.57. The number of benzene rings is 2. The summed E-state index contributed by atoms with van der Waals surface area (Å²) in [5, 5.41) is 15.3. The van der Waals surface area contributed by atoms with Crippen molar-refractivity contribution in [3.63, 3.8) is 0 Å². The molecule has 25 heavy (non-hydrogen) atoms. The van der Waals surface area contributed by atoms with Crippen molar-refractivity contribution in [1.82, 2.24) is 5.32 Å². The van der Waals surface area contributed by atoms with Crippen molar-refractivity contribution in [3.8, 4) is 0 Å². The summed E-state index contributed by atoms with van der Waals surface area (Å²) in [5.41, 5.74) is 3.69. The first-order chi connectivity index (χ1) is 11.9. The Bertz CT molecular complexity index is 729. The Morgan fingerprint density at radius 1 is 1.04 bits per heavy atom. The maximum Gasteiger partial charge on any atom is 0.233 e. The third-order valence-electron chi connectivity index (χ3n) is 3.84. The summed E-state index contributed by atoms with van der Waals surface area (Å²) >= 11 is 0. The van der Waals surface area contributed by atoms with Crippen molar-refractivity contribution in [2.75, 3.05) is 11.9 Å². The summed E-state index contributed by atoms with van der Waals surface area (Å²) in [4.78, 5) is 23.9. The van der Waals surface area contributed by atoms with Crippen LogP contribution in [0.3, 0.4) is 0 Å². The number of aliphatic hydroxyl groups is 1. The smallest absolute Gasteiger partial charge is 0.233 e. The van der Waals surface area contributed by atoms with Gasteiger partial charge in [-0.05, 0) is 36.6 Å². The molecule has 2 amide bonds. The van der Waals surface area contributed by atoms with E-state index in [2.05, 4.69) is 10.6 Å². The highest BCUT2D eigenvalue weighted by Crippen LogP contribution is 2.16. The maximum atomic E-state index is 12.0. The van der Waals surface area contributed by atoms with Crippen LogP contribution in [-0.4, -0.2) is 29.6 Å². The number of hydrogen-bond donors (Lipinski definition) is 3. The molecule has 0 aliphatic carbocycles. The van der Waals surface area contributed by atoms with Crippen LogP contribution < -0.4 is 10.6 Å². The minimum atomic E-state index is -0.687. The fourth-order valence-corrected chi connectivity index (χ4v) is 2.46. The summed E-state index contributed by atoms with van der Waals surface area (Å²) in [6.45, 7) is 3.95. The second-order valence-corrected chi connectivity index (χ2v) is 6.19. The lowest BCUT2D eigenvalue weighted by Crippen LogP contribution is -2.35. The molecule has 0 radical (unpaired) electrons. The molecule has 2 aromatic carbocycles. The molecule has 0 aromatic heterocycles. The van der Waals surface area contributed by atoms with E-state index in [0.29, 0.717) is 12.1 Å². The number of nitrogens with one attached hydrogen (secondary N) is 2. The van der Waals surface area contributed by atoms with Crippen LogP contribution in [0.2, 0.25) is 0 Å². The molecule has 5 nitrogen and oxygen atoms in total. The van der Waals surface area contributed by atoms with Crippen molar-refractivity contribution in [2.24, 2.45) is 0 Å². The Labute approximate surface area is 148 Å². The van der Waals surface area contributed by atoms with Crippen molar-refractivity contribution in [3.05, 3.63) is 65.2 Å². The number of rotatable bonds is 7. The van der Waals surface area contributed by atoms with E-state index < -0.39 is 12.0 Å². The van der Waals surface area contributed by atoms with Crippen LogP contribution in [0.15, 0.2) is 48.5 Å². The first-order valence-corrected chi connectivity index (χ1v) is 8.30. The predicted molar refractivity (Wildman–Crippen MR) is 98.3 cm³/mol. The minimum Gasteiger partial charge on any atom is -0.391 e. The van der Waals surface area contributed by atoms with Gasteiger partial charge in [0.05, 0.1) is 6.10 Å². The van der Waals surface area contributed by atoms with Gasteiger partial charge in [-0.3, -0.25) is 9.59 Å². The van der Waals surface area contributed by atoms with E-state index in [1.165, 1.54) is 0 Å². The van der Waals surface area contributed by atoms with Gasteiger partial charge in [0.25, 0.3) is 0 Å². The SMILES string of the molecule is Cc1ccc(C)c(NC(=O)CC(=O)NCC(O)Cc2ccccc2)c1. The van der Waals surface area contributed by atoms with Crippen molar-refractivity contribution in [1.29, 1.82) is 0 Å². The third-order valence-corrected chi connectivity index (χ3v) is 3.84. The molecule has 0 saturated carbocycles. The minimum absolute atomic E-state index is 0.116. The summed E-state index contributed by atoms with van der Waals surface area (Å²) in [6.07, 6.45) is -0.505. The van der Waals surface area contributed by atoms with Gasteiger partial charge in [0, 0.05) is 18.7 Å². The summed E-state index contributed by atoms with van der Waals surface area (Å²) in [7, 11) is 0. The van der Waals surface area contributed by atoms with Gasteiger partial charge in [-0.1, -0.05) is 42.5 Å².